The molecular formula is C25H35N5O10. The van der Waals surface area contributed by atoms with Crippen molar-refractivity contribution in [2.45, 2.75) is 83.8 Å². The summed E-state index contributed by atoms with van der Waals surface area (Å²) >= 11 is 0. The highest BCUT2D eigenvalue weighted by Crippen LogP contribution is 2.44. The van der Waals surface area contributed by atoms with Gasteiger partial charge in [-0.25, -0.2) is 23.9 Å². The van der Waals surface area contributed by atoms with Gasteiger partial charge in [-0.2, -0.15) is 5.10 Å². The fourth-order valence-electron chi connectivity index (χ4n) is 4.04. The number of nitrogen functional groups attached to an aromatic ring is 1. The maximum absolute atomic E-state index is 12.8. The van der Waals surface area contributed by atoms with E-state index in [2.05, 4.69) is 15.1 Å². The summed E-state index contributed by atoms with van der Waals surface area (Å²) in [7, 11) is 1.44. The molecule has 2 aromatic rings. The van der Waals surface area contributed by atoms with E-state index in [0.717, 1.165) is 0 Å². The number of rotatable bonds is 9. The third-order valence-electron chi connectivity index (χ3n) is 5.44. The lowest BCUT2D eigenvalue weighted by atomic mass is 9.95. The molecule has 15 nitrogen and oxygen atoms in total. The zero-order valence-corrected chi connectivity index (χ0v) is 23.4. The van der Waals surface area contributed by atoms with Gasteiger partial charge in [-0.3, -0.25) is 4.99 Å². The quantitative estimate of drug-likeness (QED) is 0.266. The Kier molecular flexibility index (Phi) is 9.74. The minimum atomic E-state index is -1.77. The Morgan fingerprint density at radius 2 is 1.62 bits per heavy atom. The molecule has 220 valence electrons. The smallest absolute Gasteiger partial charge is 0.432 e. The minimum Gasteiger partial charge on any atom is -0.432 e. The second kappa shape index (κ2) is 12.8. The number of hydrogen-bond donors (Lipinski definition) is 1. The minimum absolute atomic E-state index is 0.186. The Hall–Kier alpha value is -4.14. The molecule has 0 unspecified atom stereocenters. The summed E-state index contributed by atoms with van der Waals surface area (Å²) in [6.07, 6.45) is -6.09. The normalized spacial score (nSPS) is 22.7. The lowest BCUT2D eigenvalue weighted by molar-refractivity contribution is -0.0916. The van der Waals surface area contributed by atoms with E-state index >= 15 is 0 Å². The Bertz CT molecular complexity index is 1230. The fourth-order valence-corrected chi connectivity index (χ4v) is 4.04. The summed E-state index contributed by atoms with van der Waals surface area (Å²) in [5, 5.41) is 4.24. The van der Waals surface area contributed by atoms with Crippen molar-refractivity contribution in [3.63, 3.8) is 0 Å². The molecule has 0 bridgehead atoms. The van der Waals surface area contributed by atoms with Gasteiger partial charge < -0.3 is 38.9 Å². The van der Waals surface area contributed by atoms with Crippen LogP contribution in [0.2, 0.25) is 0 Å². The van der Waals surface area contributed by atoms with Crippen LogP contribution >= 0.6 is 0 Å². The van der Waals surface area contributed by atoms with Crippen LogP contribution in [0.4, 0.5) is 20.2 Å². The number of ether oxygens (including phenoxy) is 7. The molecule has 0 aromatic carbocycles. The van der Waals surface area contributed by atoms with Crippen molar-refractivity contribution in [3.8, 4) is 0 Å². The highest BCUT2D eigenvalue weighted by atomic mass is 16.8. The Morgan fingerprint density at radius 1 is 1.02 bits per heavy atom. The first kappa shape index (κ1) is 30.4. The number of carbonyl (C=O) groups is 3. The number of anilines is 1. The van der Waals surface area contributed by atoms with Crippen LogP contribution in [0.1, 0.15) is 53.3 Å². The Balaban J connectivity index is 2.13. The third kappa shape index (κ3) is 7.08. The Labute approximate surface area is 230 Å². The summed E-state index contributed by atoms with van der Waals surface area (Å²) in [5.74, 6) is 0.186. The van der Waals surface area contributed by atoms with E-state index in [9.17, 15) is 14.4 Å². The van der Waals surface area contributed by atoms with E-state index in [4.69, 9.17) is 38.9 Å². The molecule has 1 aliphatic rings. The zero-order valence-electron chi connectivity index (χ0n) is 23.4. The maximum atomic E-state index is 12.8. The number of hydrogen-bond acceptors (Lipinski definition) is 14. The van der Waals surface area contributed by atoms with Crippen LogP contribution in [0, 0.1) is 0 Å². The van der Waals surface area contributed by atoms with Gasteiger partial charge in [0.15, 0.2) is 23.6 Å². The van der Waals surface area contributed by atoms with Gasteiger partial charge in [-0.15, -0.1) is 0 Å². The van der Waals surface area contributed by atoms with Crippen LogP contribution in [-0.4, -0.2) is 89.1 Å². The summed E-state index contributed by atoms with van der Waals surface area (Å²) in [4.78, 5) is 45.9. The molecule has 2 aromatic heterocycles. The van der Waals surface area contributed by atoms with Gasteiger partial charge >= 0.3 is 18.5 Å². The van der Waals surface area contributed by atoms with Crippen molar-refractivity contribution < 1.29 is 47.5 Å². The largest absolute Gasteiger partial charge is 0.509 e. The number of nitrogens with two attached hydrogens (primary N) is 1. The predicted octanol–water partition coefficient (Wildman–Crippen LogP) is 3.24. The van der Waals surface area contributed by atoms with Gasteiger partial charge in [-0.1, -0.05) is 0 Å². The van der Waals surface area contributed by atoms with Crippen LogP contribution in [0.3, 0.4) is 0 Å². The standard InChI is InChI=1S/C25H35N5O10/c1-13(2)35-22(31)34-11-25(10-27-7)20(39-24(33)37-15(5)6)19(38-23(32)36-14(3)4)18(40-25)16-8-9-17-21(26)28-12-29-30(16)17/h8-10,12-15,18-20H,11H2,1-7H3,(H2,26,28,29)/b27-10-/t18-,19-,20-,25+/m0/s1. The van der Waals surface area contributed by atoms with Crippen LogP contribution in [0.15, 0.2) is 23.5 Å². The van der Waals surface area contributed by atoms with E-state index in [1.165, 1.54) is 24.1 Å². The molecule has 0 aliphatic carbocycles. The lowest BCUT2D eigenvalue weighted by Gasteiger charge is -2.30. The SMILES string of the molecule is C/N=C\[C@]1(COC(=O)OC(C)C)O[C@@H](c2ccc3c(N)ncnn23)[C@H](OC(=O)OC(C)C)[C@@H]1OC(=O)OC(C)C. The first-order valence-electron chi connectivity index (χ1n) is 12.6. The van der Waals surface area contributed by atoms with E-state index in [-0.39, 0.29) is 5.82 Å². The summed E-state index contributed by atoms with van der Waals surface area (Å²) in [6.45, 7) is 9.30. The number of aliphatic imine (C=N–C) groups is 1. The van der Waals surface area contributed by atoms with Crippen molar-refractivity contribution in [3.05, 3.63) is 24.2 Å². The van der Waals surface area contributed by atoms with Crippen LogP contribution in [-0.2, 0) is 33.2 Å². The Morgan fingerprint density at radius 3 is 2.23 bits per heavy atom. The molecule has 1 aliphatic heterocycles. The number of aromatic nitrogens is 3. The highest BCUT2D eigenvalue weighted by Gasteiger charge is 2.61. The fraction of sp³-hybridized carbons (Fsp3) is 0.600. The molecule has 2 N–H and O–H groups in total. The second-order valence-electron chi connectivity index (χ2n) is 9.74. The first-order chi connectivity index (χ1) is 18.9. The molecule has 3 heterocycles. The van der Waals surface area contributed by atoms with Gasteiger partial charge in [-0.05, 0) is 53.7 Å². The van der Waals surface area contributed by atoms with E-state index in [1.807, 2.05) is 0 Å². The van der Waals surface area contributed by atoms with Crippen molar-refractivity contribution in [2.24, 2.45) is 4.99 Å². The average molecular weight is 566 g/mol. The molecule has 3 rings (SSSR count). The van der Waals surface area contributed by atoms with E-state index in [1.54, 1.807) is 53.7 Å². The maximum Gasteiger partial charge on any atom is 0.509 e. The molecule has 0 spiro atoms. The topological polar surface area (TPSA) is 184 Å². The zero-order chi connectivity index (χ0) is 29.6. The summed E-state index contributed by atoms with van der Waals surface area (Å²) in [5.41, 5.74) is 5.04. The van der Waals surface area contributed by atoms with Gasteiger partial charge in [0.1, 0.15) is 24.6 Å². The predicted molar refractivity (Wildman–Crippen MR) is 139 cm³/mol. The average Bonchev–Trinajstić information content (AvgIpc) is 3.38. The molecule has 1 saturated heterocycles. The molecule has 40 heavy (non-hydrogen) atoms. The van der Waals surface area contributed by atoms with Crippen molar-refractivity contribution >= 4 is 36.0 Å². The molecule has 1 fully saturated rings. The second-order valence-corrected chi connectivity index (χ2v) is 9.74. The van der Waals surface area contributed by atoms with E-state index < -0.39 is 67.3 Å². The molecule has 0 amide bonds. The van der Waals surface area contributed by atoms with Crippen molar-refractivity contribution in [2.75, 3.05) is 19.4 Å². The number of fused-ring (bicyclic) bond motifs is 1. The van der Waals surface area contributed by atoms with Crippen LogP contribution < -0.4 is 5.73 Å². The van der Waals surface area contributed by atoms with Crippen LogP contribution in [0.5, 0.6) is 0 Å². The number of nitrogens with zero attached hydrogens (tertiary/aromatic N) is 4. The molecule has 15 heteroatoms. The number of carbonyl (C=O) groups excluding carboxylic acids is 3. The van der Waals surface area contributed by atoms with Crippen LogP contribution in [0.25, 0.3) is 5.52 Å². The van der Waals surface area contributed by atoms with E-state index in [0.29, 0.717) is 11.2 Å². The molecular weight excluding hydrogens is 530 g/mol. The van der Waals surface area contributed by atoms with Gasteiger partial charge in [0.2, 0.25) is 0 Å². The van der Waals surface area contributed by atoms with Crippen molar-refractivity contribution in [1.82, 2.24) is 14.6 Å². The first-order valence-corrected chi connectivity index (χ1v) is 12.6. The van der Waals surface area contributed by atoms with Gasteiger partial charge in [0.05, 0.1) is 24.0 Å². The monoisotopic (exact) mass is 565 g/mol. The molecule has 0 saturated carbocycles. The van der Waals surface area contributed by atoms with Crippen molar-refractivity contribution in [1.29, 1.82) is 0 Å². The van der Waals surface area contributed by atoms with Gasteiger partial charge in [0, 0.05) is 13.3 Å². The summed E-state index contributed by atoms with van der Waals surface area (Å²) < 4.78 is 40.0. The molecule has 0 radical (unpaired) electrons. The molecule has 4 atom stereocenters. The third-order valence-corrected chi connectivity index (χ3v) is 5.44. The highest BCUT2D eigenvalue weighted by molar-refractivity contribution is 5.74. The lowest BCUT2D eigenvalue weighted by Crippen LogP contribution is -2.52. The van der Waals surface area contributed by atoms with Gasteiger partial charge in [0.25, 0.3) is 0 Å². The summed E-state index contributed by atoms with van der Waals surface area (Å²) in [6, 6.07) is 3.27.